The maximum atomic E-state index is 13.3. The molecule has 7 nitrogen and oxygen atoms in total. The molecule has 1 aliphatic carbocycles. The number of benzene rings is 1. The Morgan fingerprint density at radius 2 is 2.06 bits per heavy atom. The third-order valence-corrected chi connectivity index (χ3v) is 8.39. The van der Waals surface area contributed by atoms with Crippen LogP contribution in [0.15, 0.2) is 41.4 Å². The minimum atomic E-state index is -3.46. The van der Waals surface area contributed by atoms with Crippen LogP contribution < -0.4 is 0 Å². The molecule has 2 aliphatic rings. The number of fused-ring (bicyclic) bond motifs is 2. The molecular weight excluding hydrogens is 412 g/mol. The Morgan fingerprint density at radius 3 is 2.94 bits per heavy atom. The van der Waals surface area contributed by atoms with E-state index in [1.807, 2.05) is 24.3 Å². The fourth-order valence-corrected chi connectivity index (χ4v) is 6.46. The Balaban J connectivity index is 1.34. The first-order valence-corrected chi connectivity index (χ1v) is 12.4. The average Bonchev–Trinajstić information content (AvgIpc) is 3.50. The molecule has 1 atom stereocenters. The van der Waals surface area contributed by atoms with Crippen molar-refractivity contribution in [2.75, 3.05) is 26.8 Å². The lowest BCUT2D eigenvalue weighted by Crippen LogP contribution is -2.29. The van der Waals surface area contributed by atoms with Gasteiger partial charge in [-0.15, -0.1) is 0 Å². The summed E-state index contributed by atoms with van der Waals surface area (Å²) in [5.74, 6) is 1.19. The van der Waals surface area contributed by atoms with Crippen molar-refractivity contribution in [3.8, 4) is 0 Å². The van der Waals surface area contributed by atoms with Gasteiger partial charge in [0, 0.05) is 39.4 Å². The first-order valence-electron chi connectivity index (χ1n) is 11.0. The van der Waals surface area contributed by atoms with Gasteiger partial charge in [-0.2, -0.15) is 4.31 Å². The van der Waals surface area contributed by atoms with Gasteiger partial charge in [-0.05, 0) is 67.0 Å². The minimum Gasteiger partial charge on any atom is -0.383 e. The highest BCUT2D eigenvalue weighted by Gasteiger charge is 2.34. The molecule has 164 valence electrons. The summed E-state index contributed by atoms with van der Waals surface area (Å²) < 4.78 is 35.5. The van der Waals surface area contributed by atoms with Crippen LogP contribution in [0.5, 0.6) is 0 Å². The summed E-state index contributed by atoms with van der Waals surface area (Å²) in [5.41, 5.74) is 4.21. The fourth-order valence-electron chi connectivity index (χ4n) is 4.88. The zero-order valence-corrected chi connectivity index (χ0v) is 18.6. The lowest BCUT2D eigenvalue weighted by Gasteiger charge is -2.17. The maximum Gasteiger partial charge on any atom is 0.243 e. The number of ether oxygens (including phenoxy) is 1. The van der Waals surface area contributed by atoms with Gasteiger partial charge >= 0.3 is 0 Å². The Labute approximate surface area is 183 Å². The third kappa shape index (κ3) is 3.88. The number of aromatic nitrogens is 3. The standard InChI is InChI=1S/C23H28N4O3S/c1-30-13-12-27-22(25-21-6-3-10-24-23(21)27)14-17-9-11-26(16-17)31(28,29)20-8-7-18-4-2-5-19(18)15-20/h3,6-8,10,15,17H,2,4-5,9,11-14,16H2,1H3/t17-/m1/s1. The summed E-state index contributed by atoms with van der Waals surface area (Å²) in [6, 6.07) is 9.52. The Kier molecular flexibility index (Phi) is 5.54. The summed E-state index contributed by atoms with van der Waals surface area (Å²) in [5, 5.41) is 0. The molecule has 0 spiro atoms. The molecule has 1 aliphatic heterocycles. The van der Waals surface area contributed by atoms with Gasteiger partial charge in [0.1, 0.15) is 11.3 Å². The van der Waals surface area contributed by atoms with Crippen molar-refractivity contribution in [1.29, 1.82) is 0 Å². The number of imidazole rings is 1. The number of sulfonamides is 1. The topological polar surface area (TPSA) is 77.3 Å². The second-order valence-electron chi connectivity index (χ2n) is 8.52. The van der Waals surface area contributed by atoms with E-state index in [4.69, 9.17) is 9.72 Å². The molecule has 8 heteroatoms. The van der Waals surface area contributed by atoms with Crippen molar-refractivity contribution in [2.24, 2.45) is 5.92 Å². The van der Waals surface area contributed by atoms with Crippen LogP contribution in [0, 0.1) is 5.92 Å². The van der Waals surface area contributed by atoms with E-state index in [9.17, 15) is 8.42 Å². The molecule has 0 bridgehead atoms. The first-order chi connectivity index (χ1) is 15.1. The van der Waals surface area contributed by atoms with E-state index in [0.29, 0.717) is 31.1 Å². The number of pyridine rings is 1. The average molecular weight is 441 g/mol. The minimum absolute atomic E-state index is 0.238. The smallest absolute Gasteiger partial charge is 0.243 e. The van der Waals surface area contributed by atoms with Gasteiger partial charge in [0.05, 0.1) is 11.5 Å². The van der Waals surface area contributed by atoms with Crippen LogP contribution in [0.4, 0.5) is 0 Å². The quantitative estimate of drug-likeness (QED) is 0.565. The van der Waals surface area contributed by atoms with Crippen molar-refractivity contribution < 1.29 is 13.2 Å². The van der Waals surface area contributed by atoms with Gasteiger partial charge in [-0.3, -0.25) is 0 Å². The van der Waals surface area contributed by atoms with E-state index in [0.717, 1.165) is 49.1 Å². The molecule has 2 aromatic heterocycles. The van der Waals surface area contributed by atoms with Crippen molar-refractivity contribution >= 4 is 21.2 Å². The maximum absolute atomic E-state index is 13.3. The molecule has 3 aromatic rings. The van der Waals surface area contributed by atoms with E-state index < -0.39 is 10.0 Å². The molecule has 0 amide bonds. The van der Waals surface area contributed by atoms with Crippen LogP contribution >= 0.6 is 0 Å². The van der Waals surface area contributed by atoms with Gasteiger partial charge in [-0.1, -0.05) is 6.07 Å². The molecule has 0 radical (unpaired) electrons. The van der Waals surface area contributed by atoms with Crippen molar-refractivity contribution in [3.05, 3.63) is 53.5 Å². The van der Waals surface area contributed by atoms with Crippen molar-refractivity contribution in [3.63, 3.8) is 0 Å². The zero-order chi connectivity index (χ0) is 21.4. The zero-order valence-electron chi connectivity index (χ0n) is 17.8. The summed E-state index contributed by atoms with van der Waals surface area (Å²) >= 11 is 0. The number of hydrogen-bond donors (Lipinski definition) is 0. The number of nitrogens with zero attached hydrogens (tertiary/aromatic N) is 4. The van der Waals surface area contributed by atoms with Crippen LogP contribution in [0.1, 0.15) is 29.8 Å². The summed E-state index contributed by atoms with van der Waals surface area (Å²) in [6.45, 7) is 2.35. The van der Waals surface area contributed by atoms with E-state index in [1.54, 1.807) is 23.7 Å². The Hall–Kier alpha value is -2.29. The molecule has 1 fully saturated rings. The van der Waals surface area contributed by atoms with Gasteiger partial charge in [-0.25, -0.2) is 18.4 Å². The third-order valence-electron chi connectivity index (χ3n) is 6.53. The largest absolute Gasteiger partial charge is 0.383 e. The number of hydrogen-bond acceptors (Lipinski definition) is 5. The summed E-state index contributed by atoms with van der Waals surface area (Å²) in [7, 11) is -1.78. The van der Waals surface area contributed by atoms with Gasteiger partial charge in [0.2, 0.25) is 10.0 Å². The van der Waals surface area contributed by atoms with Crippen LogP contribution in [0.3, 0.4) is 0 Å². The van der Waals surface area contributed by atoms with E-state index >= 15 is 0 Å². The lowest BCUT2D eigenvalue weighted by atomic mass is 10.0. The normalized spacial score (nSPS) is 19.3. The Morgan fingerprint density at radius 1 is 1.19 bits per heavy atom. The summed E-state index contributed by atoms with van der Waals surface area (Å²) in [4.78, 5) is 9.72. The highest BCUT2D eigenvalue weighted by atomic mass is 32.2. The molecule has 3 heterocycles. The molecule has 1 aromatic carbocycles. The van der Waals surface area contributed by atoms with Crippen molar-refractivity contribution in [2.45, 2.75) is 43.5 Å². The Bertz CT molecular complexity index is 1200. The van der Waals surface area contributed by atoms with Crippen LogP contribution in [-0.2, 0) is 40.6 Å². The highest BCUT2D eigenvalue weighted by Crippen LogP contribution is 2.30. The van der Waals surface area contributed by atoms with Crippen LogP contribution in [-0.4, -0.2) is 54.1 Å². The van der Waals surface area contributed by atoms with E-state index in [-0.39, 0.29) is 5.92 Å². The SMILES string of the molecule is COCCn1c(C[C@H]2CCN(S(=O)(=O)c3ccc4c(c3)CCC4)C2)nc2cccnc21. The molecule has 0 saturated carbocycles. The van der Waals surface area contributed by atoms with Gasteiger partial charge in [0.25, 0.3) is 0 Å². The summed E-state index contributed by atoms with van der Waals surface area (Å²) in [6.07, 6.45) is 6.50. The lowest BCUT2D eigenvalue weighted by molar-refractivity contribution is 0.187. The van der Waals surface area contributed by atoms with Gasteiger partial charge in [0.15, 0.2) is 5.65 Å². The highest BCUT2D eigenvalue weighted by molar-refractivity contribution is 7.89. The fraction of sp³-hybridized carbons (Fsp3) is 0.478. The van der Waals surface area contributed by atoms with Crippen LogP contribution in [0.2, 0.25) is 0 Å². The number of methoxy groups -OCH3 is 1. The van der Waals surface area contributed by atoms with Crippen LogP contribution in [0.25, 0.3) is 11.2 Å². The first kappa shape index (κ1) is 20.6. The second-order valence-corrected chi connectivity index (χ2v) is 10.5. The molecule has 0 unspecified atom stereocenters. The molecule has 1 saturated heterocycles. The molecule has 0 N–H and O–H groups in total. The van der Waals surface area contributed by atoms with Gasteiger partial charge < -0.3 is 9.30 Å². The predicted molar refractivity (Wildman–Crippen MR) is 118 cm³/mol. The van der Waals surface area contributed by atoms with E-state index in [1.165, 1.54) is 11.1 Å². The molecule has 5 rings (SSSR count). The van der Waals surface area contributed by atoms with Crippen molar-refractivity contribution in [1.82, 2.24) is 18.8 Å². The molecular formula is C23H28N4O3S. The second kappa shape index (κ2) is 8.33. The number of rotatable bonds is 7. The monoisotopic (exact) mass is 440 g/mol. The molecule has 31 heavy (non-hydrogen) atoms. The predicted octanol–water partition coefficient (Wildman–Crippen LogP) is 2.82. The number of aryl methyl sites for hydroxylation is 2. The van der Waals surface area contributed by atoms with E-state index in [2.05, 4.69) is 9.55 Å².